The van der Waals surface area contributed by atoms with E-state index >= 15 is 0 Å². The summed E-state index contributed by atoms with van der Waals surface area (Å²) in [4.78, 5) is 14.6. The molecule has 2 atom stereocenters. The Bertz CT molecular complexity index is 621. The first-order valence-electron chi connectivity index (χ1n) is 7.13. The predicted molar refractivity (Wildman–Crippen MR) is 78.4 cm³/mol. The normalized spacial score (nSPS) is 23.2. The first-order valence-corrected chi connectivity index (χ1v) is 7.13. The maximum Gasteiger partial charge on any atom is 0.254 e. The van der Waals surface area contributed by atoms with Crippen molar-refractivity contribution in [2.45, 2.75) is 25.8 Å². The van der Waals surface area contributed by atoms with Crippen LogP contribution in [-0.2, 0) is 0 Å². The number of amides is 1. The lowest BCUT2D eigenvalue weighted by Crippen LogP contribution is -2.47. The van der Waals surface area contributed by atoms with E-state index in [1.165, 1.54) is 0 Å². The minimum atomic E-state index is 0.0900. The van der Waals surface area contributed by atoms with Crippen LogP contribution in [0.3, 0.4) is 0 Å². The van der Waals surface area contributed by atoms with E-state index in [1.54, 1.807) is 6.20 Å². The molecule has 1 aromatic carbocycles. The first-order chi connectivity index (χ1) is 9.69. The maximum absolute atomic E-state index is 12.7. The van der Waals surface area contributed by atoms with Crippen molar-refractivity contribution < 1.29 is 4.79 Å². The molecule has 1 aliphatic rings. The van der Waals surface area contributed by atoms with Crippen LogP contribution < -0.4 is 5.73 Å². The molecule has 3 N–H and O–H groups in total. The minimum Gasteiger partial charge on any atom is -0.336 e. The van der Waals surface area contributed by atoms with Gasteiger partial charge in [0.05, 0.1) is 11.7 Å². The van der Waals surface area contributed by atoms with E-state index in [2.05, 4.69) is 17.1 Å². The Morgan fingerprint density at radius 1 is 1.50 bits per heavy atom. The molecule has 0 spiro atoms. The molecule has 1 fully saturated rings. The third-order valence-corrected chi connectivity index (χ3v) is 4.26. The van der Waals surface area contributed by atoms with Crippen LogP contribution >= 0.6 is 0 Å². The highest BCUT2D eigenvalue weighted by atomic mass is 16.2. The fraction of sp³-hybridized carbons (Fsp3) is 0.467. The van der Waals surface area contributed by atoms with Crippen LogP contribution in [-0.4, -0.2) is 40.1 Å². The van der Waals surface area contributed by atoms with E-state index in [9.17, 15) is 4.79 Å². The highest BCUT2D eigenvalue weighted by Crippen LogP contribution is 2.24. The molecule has 0 radical (unpaired) electrons. The fourth-order valence-electron chi connectivity index (χ4n) is 2.89. The average Bonchev–Trinajstić information content (AvgIpc) is 2.94. The van der Waals surface area contributed by atoms with Crippen molar-refractivity contribution >= 4 is 16.8 Å². The second kappa shape index (κ2) is 5.25. The highest BCUT2D eigenvalue weighted by molar-refractivity contribution is 5.97. The molecule has 106 valence electrons. The standard InChI is InChI=1S/C15H20N4O/c1-10-2-3-11(7-16)9-19(10)15(20)12-4-5-13-8-17-18-14(13)6-12/h4-6,8,10-11H,2-3,7,9,16H2,1H3,(H,17,18). The number of rotatable bonds is 2. The molecule has 1 aromatic heterocycles. The summed E-state index contributed by atoms with van der Waals surface area (Å²) in [6.07, 6.45) is 3.90. The van der Waals surface area contributed by atoms with Crippen molar-refractivity contribution in [3.05, 3.63) is 30.0 Å². The molecule has 5 nitrogen and oxygen atoms in total. The van der Waals surface area contributed by atoms with Gasteiger partial charge in [-0.2, -0.15) is 5.10 Å². The van der Waals surface area contributed by atoms with Crippen LogP contribution in [0.25, 0.3) is 10.9 Å². The van der Waals surface area contributed by atoms with E-state index in [0.717, 1.165) is 30.3 Å². The lowest BCUT2D eigenvalue weighted by molar-refractivity contribution is 0.0567. The molecule has 1 amide bonds. The van der Waals surface area contributed by atoms with Gasteiger partial charge in [-0.15, -0.1) is 0 Å². The van der Waals surface area contributed by atoms with Gasteiger partial charge in [-0.1, -0.05) is 6.07 Å². The fourth-order valence-corrected chi connectivity index (χ4v) is 2.89. The molecule has 1 aliphatic heterocycles. The van der Waals surface area contributed by atoms with Gasteiger partial charge in [0.1, 0.15) is 0 Å². The van der Waals surface area contributed by atoms with Crippen molar-refractivity contribution in [3.63, 3.8) is 0 Å². The molecule has 0 saturated carbocycles. The molecule has 2 unspecified atom stereocenters. The second-order valence-electron chi connectivity index (χ2n) is 5.66. The van der Waals surface area contributed by atoms with Gasteiger partial charge in [-0.3, -0.25) is 9.89 Å². The average molecular weight is 272 g/mol. The second-order valence-corrected chi connectivity index (χ2v) is 5.66. The van der Waals surface area contributed by atoms with Crippen molar-refractivity contribution in [2.24, 2.45) is 11.7 Å². The van der Waals surface area contributed by atoms with E-state index < -0.39 is 0 Å². The minimum absolute atomic E-state index is 0.0900. The quantitative estimate of drug-likeness (QED) is 0.874. The van der Waals surface area contributed by atoms with Crippen LogP contribution in [0.5, 0.6) is 0 Å². The Labute approximate surface area is 118 Å². The maximum atomic E-state index is 12.7. The smallest absolute Gasteiger partial charge is 0.254 e. The van der Waals surface area contributed by atoms with Crippen LogP contribution in [0.15, 0.2) is 24.4 Å². The number of nitrogens with zero attached hydrogens (tertiary/aromatic N) is 2. The molecule has 0 bridgehead atoms. The van der Waals surface area contributed by atoms with Gasteiger partial charge >= 0.3 is 0 Å². The molecule has 20 heavy (non-hydrogen) atoms. The summed E-state index contributed by atoms with van der Waals surface area (Å²) in [6.45, 7) is 3.52. The van der Waals surface area contributed by atoms with Gasteiger partial charge in [0.2, 0.25) is 0 Å². The summed E-state index contributed by atoms with van der Waals surface area (Å²) in [5.74, 6) is 0.512. The van der Waals surface area contributed by atoms with Crippen LogP contribution in [0.1, 0.15) is 30.1 Å². The van der Waals surface area contributed by atoms with Gasteiger partial charge in [0, 0.05) is 23.5 Å². The number of carbonyl (C=O) groups is 1. The van der Waals surface area contributed by atoms with Crippen molar-refractivity contribution in [2.75, 3.05) is 13.1 Å². The zero-order chi connectivity index (χ0) is 14.1. The Morgan fingerprint density at radius 3 is 3.15 bits per heavy atom. The summed E-state index contributed by atoms with van der Waals surface area (Å²) in [6, 6.07) is 5.96. The molecular formula is C15H20N4O. The van der Waals surface area contributed by atoms with Crippen molar-refractivity contribution in [1.82, 2.24) is 15.1 Å². The molecule has 5 heteroatoms. The Kier molecular flexibility index (Phi) is 3.44. The molecule has 0 aliphatic carbocycles. The van der Waals surface area contributed by atoms with E-state index in [4.69, 9.17) is 5.73 Å². The highest BCUT2D eigenvalue weighted by Gasteiger charge is 2.29. The molecular weight excluding hydrogens is 252 g/mol. The van der Waals surface area contributed by atoms with Crippen LogP contribution in [0, 0.1) is 5.92 Å². The number of hydrogen-bond donors (Lipinski definition) is 2. The lowest BCUT2D eigenvalue weighted by atomic mass is 9.93. The van der Waals surface area contributed by atoms with Crippen molar-refractivity contribution in [3.8, 4) is 0 Å². The monoisotopic (exact) mass is 272 g/mol. The zero-order valence-electron chi connectivity index (χ0n) is 11.7. The summed E-state index contributed by atoms with van der Waals surface area (Å²) >= 11 is 0. The Hall–Kier alpha value is -1.88. The third-order valence-electron chi connectivity index (χ3n) is 4.26. The number of likely N-dealkylation sites (tertiary alicyclic amines) is 1. The number of piperidine rings is 1. The van der Waals surface area contributed by atoms with Crippen molar-refractivity contribution in [1.29, 1.82) is 0 Å². The van der Waals surface area contributed by atoms with Gasteiger partial charge < -0.3 is 10.6 Å². The summed E-state index contributed by atoms with van der Waals surface area (Å²) in [5, 5.41) is 7.92. The number of H-pyrrole nitrogens is 1. The molecule has 2 aromatic rings. The number of nitrogens with one attached hydrogen (secondary N) is 1. The van der Waals surface area contributed by atoms with E-state index in [-0.39, 0.29) is 11.9 Å². The number of aromatic amines is 1. The largest absolute Gasteiger partial charge is 0.336 e. The number of nitrogens with two attached hydrogens (primary N) is 1. The predicted octanol–water partition coefficient (Wildman–Crippen LogP) is 1.76. The molecule has 1 saturated heterocycles. The number of aromatic nitrogens is 2. The number of carbonyl (C=O) groups excluding carboxylic acids is 1. The summed E-state index contributed by atoms with van der Waals surface area (Å²) in [7, 11) is 0. The summed E-state index contributed by atoms with van der Waals surface area (Å²) in [5.41, 5.74) is 7.37. The van der Waals surface area contributed by atoms with Crippen LogP contribution in [0.4, 0.5) is 0 Å². The third kappa shape index (κ3) is 2.29. The SMILES string of the molecule is CC1CCC(CN)CN1C(=O)c1ccc2cn[nH]c2c1. The number of benzene rings is 1. The van der Waals surface area contributed by atoms with Gasteiger partial charge in [0.15, 0.2) is 0 Å². The van der Waals surface area contributed by atoms with Gasteiger partial charge in [-0.05, 0) is 44.4 Å². The number of hydrogen-bond acceptors (Lipinski definition) is 3. The van der Waals surface area contributed by atoms with E-state index in [1.807, 2.05) is 23.1 Å². The first kappa shape index (κ1) is 13.1. The lowest BCUT2D eigenvalue weighted by Gasteiger charge is -2.37. The van der Waals surface area contributed by atoms with Gasteiger partial charge in [-0.25, -0.2) is 0 Å². The summed E-state index contributed by atoms with van der Waals surface area (Å²) < 4.78 is 0. The topological polar surface area (TPSA) is 75.0 Å². The van der Waals surface area contributed by atoms with Gasteiger partial charge in [0.25, 0.3) is 5.91 Å². The van der Waals surface area contributed by atoms with E-state index in [0.29, 0.717) is 18.0 Å². The Balaban J connectivity index is 1.86. The number of fused-ring (bicyclic) bond motifs is 1. The Morgan fingerprint density at radius 2 is 2.35 bits per heavy atom. The molecule has 2 heterocycles. The zero-order valence-corrected chi connectivity index (χ0v) is 11.7. The molecule has 3 rings (SSSR count). The van der Waals surface area contributed by atoms with Crippen LogP contribution in [0.2, 0.25) is 0 Å².